The number of aromatic carboxylic acids is 1. The smallest absolute Gasteiger partial charge is 0.335 e. The molecule has 1 fully saturated rings. The van der Waals surface area contributed by atoms with Gasteiger partial charge in [0.2, 0.25) is 5.91 Å². The van der Waals surface area contributed by atoms with Crippen LogP contribution >= 0.6 is 11.8 Å². The lowest BCUT2D eigenvalue weighted by atomic mass is 9.99. The first-order valence-corrected chi connectivity index (χ1v) is 8.49. The second-order valence-electron chi connectivity index (χ2n) is 5.46. The molecule has 1 aromatic rings. The lowest BCUT2D eigenvalue weighted by Crippen LogP contribution is -2.44. The van der Waals surface area contributed by atoms with Crippen LogP contribution in [0.5, 0.6) is 0 Å². The van der Waals surface area contributed by atoms with Crippen molar-refractivity contribution in [1.29, 1.82) is 0 Å². The van der Waals surface area contributed by atoms with Crippen molar-refractivity contribution in [2.45, 2.75) is 24.0 Å². The number of hydrogen-bond donors (Lipinski definition) is 2. The topological polar surface area (TPSA) is 75.6 Å². The summed E-state index contributed by atoms with van der Waals surface area (Å²) in [4.78, 5) is 23.0. The molecule has 1 saturated heterocycles. The SMILES string of the molecule is CSC1(CNC(=O)Cc2cccc(C(=O)O)c2)CCOCC1. The average molecular weight is 323 g/mol. The van der Waals surface area contributed by atoms with E-state index >= 15 is 0 Å². The van der Waals surface area contributed by atoms with Gasteiger partial charge < -0.3 is 15.2 Å². The maximum atomic E-state index is 12.1. The van der Waals surface area contributed by atoms with E-state index in [-0.39, 0.29) is 22.6 Å². The lowest BCUT2D eigenvalue weighted by molar-refractivity contribution is -0.120. The van der Waals surface area contributed by atoms with Gasteiger partial charge in [-0.15, -0.1) is 0 Å². The Kier molecular flexibility index (Phi) is 5.85. The Morgan fingerprint density at radius 3 is 2.73 bits per heavy atom. The van der Waals surface area contributed by atoms with E-state index in [9.17, 15) is 9.59 Å². The predicted octanol–water partition coefficient (Wildman–Crippen LogP) is 1.96. The van der Waals surface area contributed by atoms with Gasteiger partial charge in [-0.1, -0.05) is 12.1 Å². The van der Waals surface area contributed by atoms with Crippen molar-refractivity contribution in [3.8, 4) is 0 Å². The van der Waals surface area contributed by atoms with Crippen LogP contribution in [-0.2, 0) is 16.0 Å². The van der Waals surface area contributed by atoms with Crippen LogP contribution in [0.15, 0.2) is 24.3 Å². The normalized spacial score (nSPS) is 17.0. The van der Waals surface area contributed by atoms with E-state index in [1.54, 1.807) is 30.0 Å². The maximum absolute atomic E-state index is 12.1. The Labute approximate surface area is 134 Å². The fraction of sp³-hybridized carbons (Fsp3) is 0.500. The number of amides is 1. The Morgan fingerprint density at radius 1 is 1.36 bits per heavy atom. The first-order valence-electron chi connectivity index (χ1n) is 7.26. The minimum atomic E-state index is -0.981. The molecule has 0 saturated carbocycles. The molecule has 1 aliphatic rings. The van der Waals surface area contributed by atoms with E-state index in [1.807, 2.05) is 0 Å². The molecule has 0 bridgehead atoms. The van der Waals surface area contributed by atoms with E-state index in [4.69, 9.17) is 9.84 Å². The third kappa shape index (κ3) is 4.48. The maximum Gasteiger partial charge on any atom is 0.335 e. The number of thioether (sulfide) groups is 1. The molecule has 0 atom stereocenters. The summed E-state index contributed by atoms with van der Waals surface area (Å²) in [5.41, 5.74) is 0.915. The standard InChI is InChI=1S/C16H21NO4S/c1-22-16(5-7-21-8-6-16)11-17-14(18)10-12-3-2-4-13(9-12)15(19)20/h2-4,9H,5-8,10-11H2,1H3,(H,17,18)(H,19,20). The number of carboxylic acid groups (broad SMARTS) is 1. The quantitative estimate of drug-likeness (QED) is 0.837. The van der Waals surface area contributed by atoms with E-state index < -0.39 is 5.97 Å². The fourth-order valence-electron chi connectivity index (χ4n) is 2.52. The van der Waals surface area contributed by atoms with Gasteiger partial charge in [0, 0.05) is 24.5 Å². The molecule has 0 radical (unpaired) electrons. The van der Waals surface area contributed by atoms with Crippen LogP contribution in [-0.4, -0.2) is 47.7 Å². The molecule has 1 aliphatic heterocycles. The molecule has 120 valence electrons. The van der Waals surface area contributed by atoms with Crippen molar-refractivity contribution in [3.63, 3.8) is 0 Å². The zero-order valence-electron chi connectivity index (χ0n) is 12.6. The molecule has 0 aliphatic carbocycles. The monoisotopic (exact) mass is 323 g/mol. The second kappa shape index (κ2) is 7.65. The summed E-state index contributed by atoms with van der Waals surface area (Å²) >= 11 is 1.78. The van der Waals surface area contributed by atoms with Gasteiger partial charge in [-0.25, -0.2) is 4.79 Å². The van der Waals surface area contributed by atoms with Crippen molar-refractivity contribution >= 4 is 23.6 Å². The van der Waals surface area contributed by atoms with Crippen LogP contribution in [0.4, 0.5) is 0 Å². The van der Waals surface area contributed by atoms with Crippen LogP contribution < -0.4 is 5.32 Å². The molecule has 1 aromatic carbocycles. The van der Waals surface area contributed by atoms with Gasteiger partial charge in [0.25, 0.3) is 0 Å². The number of ether oxygens (including phenoxy) is 1. The van der Waals surface area contributed by atoms with Crippen molar-refractivity contribution in [3.05, 3.63) is 35.4 Å². The molecule has 1 heterocycles. The van der Waals surface area contributed by atoms with Crippen LogP contribution in [0.2, 0.25) is 0 Å². The zero-order valence-corrected chi connectivity index (χ0v) is 13.4. The number of carbonyl (C=O) groups is 2. The molecule has 0 spiro atoms. The molecule has 5 nitrogen and oxygen atoms in total. The number of benzene rings is 1. The van der Waals surface area contributed by atoms with Gasteiger partial charge in [-0.05, 0) is 36.8 Å². The summed E-state index contributed by atoms with van der Waals surface area (Å²) in [6.45, 7) is 2.09. The zero-order chi connectivity index (χ0) is 16.0. The van der Waals surface area contributed by atoms with E-state index in [1.165, 1.54) is 6.07 Å². The molecule has 0 aromatic heterocycles. The molecule has 2 rings (SSSR count). The van der Waals surface area contributed by atoms with Crippen LogP contribution in [0, 0.1) is 0 Å². The van der Waals surface area contributed by atoms with E-state index in [0.29, 0.717) is 12.1 Å². The Balaban J connectivity index is 1.90. The summed E-state index contributed by atoms with van der Waals surface area (Å²) in [6, 6.07) is 6.49. The number of carbonyl (C=O) groups excluding carboxylic acids is 1. The van der Waals surface area contributed by atoms with Crippen molar-refractivity contribution < 1.29 is 19.4 Å². The highest BCUT2D eigenvalue weighted by molar-refractivity contribution is 8.00. The number of hydrogen-bond acceptors (Lipinski definition) is 4. The first-order chi connectivity index (χ1) is 10.5. The Morgan fingerprint density at radius 2 is 2.09 bits per heavy atom. The van der Waals surface area contributed by atoms with Crippen LogP contribution in [0.25, 0.3) is 0 Å². The summed E-state index contributed by atoms with van der Waals surface area (Å²) in [5, 5.41) is 11.9. The number of nitrogens with one attached hydrogen (secondary N) is 1. The van der Waals surface area contributed by atoms with Gasteiger partial charge in [0.05, 0.1) is 12.0 Å². The minimum Gasteiger partial charge on any atom is -0.478 e. The van der Waals surface area contributed by atoms with Gasteiger partial charge in [-0.2, -0.15) is 11.8 Å². The third-order valence-electron chi connectivity index (χ3n) is 3.98. The van der Waals surface area contributed by atoms with Gasteiger partial charge in [-0.3, -0.25) is 4.79 Å². The summed E-state index contributed by atoms with van der Waals surface area (Å²) < 4.78 is 5.44. The highest BCUT2D eigenvalue weighted by Gasteiger charge is 2.31. The minimum absolute atomic E-state index is 0.0524. The molecule has 1 amide bonds. The molecule has 6 heteroatoms. The largest absolute Gasteiger partial charge is 0.478 e. The van der Waals surface area contributed by atoms with Crippen molar-refractivity contribution in [1.82, 2.24) is 5.32 Å². The molecular weight excluding hydrogens is 302 g/mol. The van der Waals surface area contributed by atoms with Gasteiger partial charge in [0.1, 0.15) is 0 Å². The lowest BCUT2D eigenvalue weighted by Gasteiger charge is -2.35. The third-order valence-corrected chi connectivity index (χ3v) is 5.40. The van der Waals surface area contributed by atoms with Gasteiger partial charge >= 0.3 is 5.97 Å². The second-order valence-corrected chi connectivity index (χ2v) is 6.73. The number of rotatable bonds is 6. The molecule has 2 N–H and O–H groups in total. The Hall–Kier alpha value is -1.53. The Bertz CT molecular complexity index is 541. The first kappa shape index (κ1) is 16.8. The average Bonchev–Trinajstić information content (AvgIpc) is 2.54. The molecule has 22 heavy (non-hydrogen) atoms. The fourth-order valence-corrected chi connectivity index (χ4v) is 3.31. The van der Waals surface area contributed by atoms with Crippen molar-refractivity contribution in [2.24, 2.45) is 0 Å². The predicted molar refractivity (Wildman–Crippen MR) is 86.4 cm³/mol. The number of carboxylic acids is 1. The van der Waals surface area contributed by atoms with Gasteiger partial charge in [0.15, 0.2) is 0 Å². The summed E-state index contributed by atoms with van der Waals surface area (Å²) in [7, 11) is 0. The van der Waals surface area contributed by atoms with E-state index in [2.05, 4.69) is 11.6 Å². The molecule has 0 unspecified atom stereocenters. The highest BCUT2D eigenvalue weighted by atomic mass is 32.2. The van der Waals surface area contributed by atoms with Crippen LogP contribution in [0.1, 0.15) is 28.8 Å². The van der Waals surface area contributed by atoms with Crippen molar-refractivity contribution in [2.75, 3.05) is 26.0 Å². The van der Waals surface area contributed by atoms with E-state index in [0.717, 1.165) is 26.1 Å². The van der Waals surface area contributed by atoms with Crippen LogP contribution in [0.3, 0.4) is 0 Å². The molecular formula is C16H21NO4S. The summed E-state index contributed by atoms with van der Waals surface area (Å²) in [6.07, 6.45) is 4.13. The highest BCUT2D eigenvalue weighted by Crippen LogP contribution is 2.32. The summed E-state index contributed by atoms with van der Waals surface area (Å²) in [5.74, 6) is -1.06.